The molecule has 1 saturated heterocycles. The predicted octanol–water partition coefficient (Wildman–Crippen LogP) is 1.22. The summed E-state index contributed by atoms with van der Waals surface area (Å²) in [5, 5.41) is 8.88. The van der Waals surface area contributed by atoms with E-state index in [1.807, 2.05) is 12.1 Å². The number of carbonyl (C=O) groups is 2. The third-order valence-electron chi connectivity index (χ3n) is 2.72. The van der Waals surface area contributed by atoms with Crippen LogP contribution in [0.4, 0.5) is 0 Å². The minimum Gasteiger partial charge on any atom is -0.479 e. The van der Waals surface area contributed by atoms with Gasteiger partial charge in [-0.05, 0) is 46.9 Å². The summed E-state index contributed by atoms with van der Waals surface area (Å²) >= 11 is 2.16. The van der Waals surface area contributed by atoms with E-state index in [9.17, 15) is 9.59 Å². The molecule has 0 aromatic heterocycles. The molecule has 0 bridgehead atoms. The summed E-state index contributed by atoms with van der Waals surface area (Å²) in [7, 11) is 0. The van der Waals surface area contributed by atoms with Gasteiger partial charge in [-0.25, -0.2) is 4.79 Å². The van der Waals surface area contributed by atoms with Crippen LogP contribution in [0.3, 0.4) is 0 Å². The first-order valence-corrected chi connectivity index (χ1v) is 6.55. The monoisotopic (exact) mass is 361 g/mol. The average Bonchev–Trinajstić information content (AvgIpc) is 2.39. The third kappa shape index (κ3) is 2.99. The maximum atomic E-state index is 12.2. The van der Waals surface area contributed by atoms with Crippen LogP contribution in [0.2, 0.25) is 0 Å². The first-order chi connectivity index (χ1) is 8.58. The van der Waals surface area contributed by atoms with E-state index in [0.717, 1.165) is 3.57 Å². The van der Waals surface area contributed by atoms with E-state index in [-0.39, 0.29) is 19.1 Å². The Labute approximate surface area is 118 Å². The Morgan fingerprint density at radius 3 is 2.61 bits per heavy atom. The van der Waals surface area contributed by atoms with Gasteiger partial charge in [0.1, 0.15) is 0 Å². The molecule has 1 heterocycles. The second kappa shape index (κ2) is 5.66. The highest BCUT2D eigenvalue weighted by molar-refractivity contribution is 14.1. The fraction of sp³-hybridized carbons (Fsp3) is 0.333. The molecule has 1 aromatic rings. The molecule has 0 radical (unpaired) electrons. The Morgan fingerprint density at radius 1 is 1.33 bits per heavy atom. The highest BCUT2D eigenvalue weighted by atomic mass is 127. The molecule has 1 N–H and O–H groups in total. The van der Waals surface area contributed by atoms with Gasteiger partial charge in [-0.2, -0.15) is 0 Å². The SMILES string of the molecule is O=C(O)C1CN(C(=O)c2ccc(I)cc2)CCO1. The lowest BCUT2D eigenvalue weighted by Gasteiger charge is -2.30. The smallest absolute Gasteiger partial charge is 0.334 e. The molecule has 1 fully saturated rings. The highest BCUT2D eigenvalue weighted by Gasteiger charge is 2.29. The lowest BCUT2D eigenvalue weighted by Crippen LogP contribution is -2.48. The molecule has 0 spiro atoms. The number of carboxylic acids is 1. The Hall–Kier alpha value is -1.15. The zero-order valence-electron chi connectivity index (χ0n) is 9.51. The summed E-state index contributed by atoms with van der Waals surface area (Å²) in [6.45, 7) is 0.780. The van der Waals surface area contributed by atoms with Gasteiger partial charge in [0.2, 0.25) is 0 Å². The molecule has 5 nitrogen and oxygen atoms in total. The van der Waals surface area contributed by atoms with Crippen LogP contribution in [0.1, 0.15) is 10.4 Å². The standard InChI is InChI=1S/C12H12INO4/c13-9-3-1-8(2-4-9)11(15)14-5-6-18-10(7-14)12(16)17/h1-4,10H,5-7H2,(H,16,17). The quantitative estimate of drug-likeness (QED) is 0.805. The van der Waals surface area contributed by atoms with Gasteiger partial charge in [0, 0.05) is 15.7 Å². The number of ether oxygens (including phenoxy) is 1. The summed E-state index contributed by atoms with van der Waals surface area (Å²) < 4.78 is 6.13. The second-order valence-corrected chi connectivity index (χ2v) is 5.20. The molecular formula is C12H12INO4. The number of hydrogen-bond donors (Lipinski definition) is 1. The van der Waals surface area contributed by atoms with Gasteiger partial charge in [-0.15, -0.1) is 0 Å². The van der Waals surface area contributed by atoms with Gasteiger partial charge in [-0.1, -0.05) is 0 Å². The summed E-state index contributed by atoms with van der Waals surface area (Å²) in [5.41, 5.74) is 0.571. The number of aliphatic carboxylic acids is 1. The van der Waals surface area contributed by atoms with Gasteiger partial charge in [0.25, 0.3) is 5.91 Å². The molecule has 0 aliphatic carbocycles. The maximum Gasteiger partial charge on any atom is 0.334 e. The van der Waals surface area contributed by atoms with E-state index in [2.05, 4.69) is 22.6 Å². The molecule has 0 saturated carbocycles. The number of hydrogen-bond acceptors (Lipinski definition) is 3. The molecule has 1 aliphatic rings. The van der Waals surface area contributed by atoms with Crippen LogP contribution in [-0.2, 0) is 9.53 Å². The van der Waals surface area contributed by atoms with Crippen LogP contribution in [0, 0.1) is 3.57 Å². The van der Waals surface area contributed by atoms with Crippen LogP contribution in [0.15, 0.2) is 24.3 Å². The maximum absolute atomic E-state index is 12.2. The molecule has 1 amide bonds. The molecule has 18 heavy (non-hydrogen) atoms. The predicted molar refractivity (Wildman–Crippen MR) is 72.4 cm³/mol. The van der Waals surface area contributed by atoms with Crippen LogP contribution in [0.5, 0.6) is 0 Å². The number of carboxylic acid groups (broad SMARTS) is 1. The van der Waals surface area contributed by atoms with Crippen molar-refractivity contribution in [2.75, 3.05) is 19.7 Å². The van der Waals surface area contributed by atoms with Crippen LogP contribution in [-0.4, -0.2) is 47.7 Å². The number of benzene rings is 1. The number of rotatable bonds is 2. The van der Waals surface area contributed by atoms with Crippen molar-refractivity contribution < 1.29 is 19.4 Å². The molecule has 6 heteroatoms. The first kappa shape index (κ1) is 13.3. The summed E-state index contributed by atoms with van der Waals surface area (Å²) in [6, 6.07) is 7.19. The summed E-state index contributed by atoms with van der Waals surface area (Å²) in [6.07, 6.45) is -0.924. The van der Waals surface area contributed by atoms with Gasteiger partial charge in [0.05, 0.1) is 13.2 Å². The van der Waals surface area contributed by atoms with Crippen molar-refractivity contribution in [1.29, 1.82) is 0 Å². The number of morpholine rings is 1. The lowest BCUT2D eigenvalue weighted by molar-refractivity contribution is -0.154. The van der Waals surface area contributed by atoms with Crippen LogP contribution >= 0.6 is 22.6 Å². The van der Waals surface area contributed by atoms with Crippen molar-refractivity contribution in [2.45, 2.75) is 6.10 Å². The average molecular weight is 361 g/mol. The van der Waals surface area contributed by atoms with Crippen molar-refractivity contribution in [3.8, 4) is 0 Å². The van der Waals surface area contributed by atoms with E-state index in [1.165, 1.54) is 4.90 Å². The number of carbonyl (C=O) groups excluding carboxylic acids is 1. The lowest BCUT2D eigenvalue weighted by atomic mass is 10.1. The van der Waals surface area contributed by atoms with Gasteiger partial charge in [-0.3, -0.25) is 4.79 Å². The van der Waals surface area contributed by atoms with Gasteiger partial charge in [0.15, 0.2) is 6.10 Å². The second-order valence-electron chi connectivity index (χ2n) is 3.96. The Morgan fingerprint density at radius 2 is 2.00 bits per heavy atom. The van der Waals surface area contributed by atoms with Crippen molar-refractivity contribution in [1.82, 2.24) is 4.90 Å². The Kier molecular flexibility index (Phi) is 4.18. The highest BCUT2D eigenvalue weighted by Crippen LogP contribution is 2.12. The number of halogens is 1. The van der Waals surface area contributed by atoms with Crippen molar-refractivity contribution in [3.05, 3.63) is 33.4 Å². The Balaban J connectivity index is 2.09. The topological polar surface area (TPSA) is 66.8 Å². The molecule has 1 unspecified atom stereocenters. The number of amides is 1. The van der Waals surface area contributed by atoms with Gasteiger partial charge < -0.3 is 14.7 Å². The van der Waals surface area contributed by atoms with E-state index >= 15 is 0 Å². The largest absolute Gasteiger partial charge is 0.479 e. The minimum absolute atomic E-state index is 0.0974. The fourth-order valence-corrected chi connectivity index (χ4v) is 2.12. The normalized spacial score (nSPS) is 19.6. The molecular weight excluding hydrogens is 349 g/mol. The molecule has 2 rings (SSSR count). The molecule has 1 aromatic carbocycles. The van der Waals surface area contributed by atoms with E-state index in [1.54, 1.807) is 12.1 Å². The van der Waals surface area contributed by atoms with Crippen LogP contribution < -0.4 is 0 Å². The van der Waals surface area contributed by atoms with E-state index in [4.69, 9.17) is 9.84 Å². The third-order valence-corrected chi connectivity index (χ3v) is 3.44. The van der Waals surface area contributed by atoms with E-state index < -0.39 is 12.1 Å². The fourth-order valence-electron chi connectivity index (χ4n) is 1.76. The summed E-state index contributed by atoms with van der Waals surface area (Å²) in [4.78, 5) is 24.5. The molecule has 1 aliphatic heterocycles. The zero-order valence-corrected chi connectivity index (χ0v) is 11.7. The van der Waals surface area contributed by atoms with Crippen LogP contribution in [0.25, 0.3) is 0 Å². The van der Waals surface area contributed by atoms with E-state index in [0.29, 0.717) is 12.1 Å². The zero-order chi connectivity index (χ0) is 13.1. The van der Waals surface area contributed by atoms with Gasteiger partial charge >= 0.3 is 5.97 Å². The summed E-state index contributed by atoms with van der Waals surface area (Å²) in [5.74, 6) is -1.18. The van der Waals surface area contributed by atoms with Crippen molar-refractivity contribution in [3.63, 3.8) is 0 Å². The Bertz CT molecular complexity index is 460. The minimum atomic E-state index is -1.03. The van der Waals surface area contributed by atoms with Crippen molar-refractivity contribution >= 4 is 34.5 Å². The molecule has 96 valence electrons. The molecule has 1 atom stereocenters. The van der Waals surface area contributed by atoms with Crippen molar-refractivity contribution in [2.24, 2.45) is 0 Å². The number of nitrogens with zero attached hydrogens (tertiary/aromatic N) is 1. The first-order valence-electron chi connectivity index (χ1n) is 5.47.